The molecule has 2 aromatic carbocycles. The maximum atomic E-state index is 10.8. The van der Waals surface area contributed by atoms with Crippen molar-refractivity contribution in [1.29, 1.82) is 0 Å². The van der Waals surface area contributed by atoms with Gasteiger partial charge < -0.3 is 9.84 Å². The zero-order valence-electron chi connectivity index (χ0n) is 10.3. The molecule has 0 amide bonds. The number of halogens is 1. The van der Waals surface area contributed by atoms with E-state index in [4.69, 9.17) is 9.84 Å². The standard InChI is InChI=1S/C15H13IO3/c1-10(19-14-5-3-2-4-13(14)16)11-6-8-12(9-7-11)15(17)18/h2-10H,1H3,(H,17,18). The number of carboxylic acids is 1. The van der Waals surface area contributed by atoms with Crippen molar-refractivity contribution >= 4 is 28.6 Å². The molecule has 4 heteroatoms. The van der Waals surface area contributed by atoms with Crippen LogP contribution in [0.2, 0.25) is 0 Å². The Kier molecular flexibility index (Phi) is 4.42. The maximum absolute atomic E-state index is 10.8. The van der Waals surface area contributed by atoms with Crippen molar-refractivity contribution < 1.29 is 14.6 Å². The summed E-state index contributed by atoms with van der Waals surface area (Å²) in [7, 11) is 0. The van der Waals surface area contributed by atoms with E-state index in [0.717, 1.165) is 14.9 Å². The number of hydrogen-bond donors (Lipinski definition) is 1. The molecule has 2 aromatic rings. The fourth-order valence-electron chi connectivity index (χ4n) is 1.70. The molecule has 98 valence electrons. The van der Waals surface area contributed by atoms with E-state index < -0.39 is 5.97 Å². The van der Waals surface area contributed by atoms with E-state index in [9.17, 15) is 4.79 Å². The van der Waals surface area contributed by atoms with Crippen molar-refractivity contribution in [3.8, 4) is 5.75 Å². The van der Waals surface area contributed by atoms with E-state index >= 15 is 0 Å². The molecule has 1 N–H and O–H groups in total. The van der Waals surface area contributed by atoms with Crippen molar-refractivity contribution in [2.24, 2.45) is 0 Å². The Hall–Kier alpha value is -1.56. The highest BCUT2D eigenvalue weighted by Gasteiger charge is 2.10. The molecule has 0 heterocycles. The van der Waals surface area contributed by atoms with Crippen LogP contribution in [0.3, 0.4) is 0 Å². The van der Waals surface area contributed by atoms with Gasteiger partial charge in [0.05, 0.1) is 9.13 Å². The fraction of sp³-hybridized carbons (Fsp3) is 0.133. The third-order valence-electron chi connectivity index (χ3n) is 2.77. The van der Waals surface area contributed by atoms with Crippen LogP contribution in [0.15, 0.2) is 48.5 Å². The Bertz CT molecular complexity index is 578. The molecule has 0 fully saturated rings. The van der Waals surface area contributed by atoms with Crippen LogP contribution in [-0.2, 0) is 0 Å². The molecule has 19 heavy (non-hydrogen) atoms. The van der Waals surface area contributed by atoms with Crippen LogP contribution in [-0.4, -0.2) is 11.1 Å². The van der Waals surface area contributed by atoms with Crippen molar-refractivity contribution in [2.45, 2.75) is 13.0 Å². The van der Waals surface area contributed by atoms with Crippen LogP contribution in [0.4, 0.5) is 0 Å². The normalized spacial score (nSPS) is 11.9. The van der Waals surface area contributed by atoms with Gasteiger partial charge in [-0.15, -0.1) is 0 Å². The summed E-state index contributed by atoms with van der Waals surface area (Å²) in [6, 6.07) is 14.5. The minimum atomic E-state index is -0.919. The predicted molar refractivity (Wildman–Crippen MR) is 81.6 cm³/mol. The quantitative estimate of drug-likeness (QED) is 0.826. The van der Waals surface area contributed by atoms with E-state index in [2.05, 4.69) is 22.6 Å². The number of benzene rings is 2. The van der Waals surface area contributed by atoms with Gasteiger partial charge in [-0.3, -0.25) is 0 Å². The molecular formula is C15H13IO3. The summed E-state index contributed by atoms with van der Waals surface area (Å²) < 4.78 is 6.93. The summed E-state index contributed by atoms with van der Waals surface area (Å²) in [5.41, 5.74) is 1.23. The molecule has 0 aromatic heterocycles. The molecular weight excluding hydrogens is 355 g/mol. The van der Waals surface area contributed by atoms with Gasteiger partial charge in [-0.1, -0.05) is 24.3 Å². The van der Waals surface area contributed by atoms with Crippen LogP contribution in [0.25, 0.3) is 0 Å². The lowest BCUT2D eigenvalue weighted by Gasteiger charge is -2.16. The summed E-state index contributed by atoms with van der Waals surface area (Å²) in [5, 5.41) is 8.85. The van der Waals surface area contributed by atoms with Crippen molar-refractivity contribution in [3.63, 3.8) is 0 Å². The lowest BCUT2D eigenvalue weighted by molar-refractivity contribution is 0.0696. The first kappa shape index (κ1) is 13.9. The molecule has 0 bridgehead atoms. The summed E-state index contributed by atoms with van der Waals surface area (Å²) in [5.74, 6) is -0.0874. The molecule has 2 rings (SSSR count). The largest absolute Gasteiger partial charge is 0.485 e. The molecule has 0 aliphatic carbocycles. The van der Waals surface area contributed by atoms with Gasteiger partial charge >= 0.3 is 5.97 Å². The maximum Gasteiger partial charge on any atom is 0.335 e. The number of carbonyl (C=O) groups is 1. The second-order valence-corrected chi connectivity index (χ2v) is 5.28. The van der Waals surface area contributed by atoms with Gasteiger partial charge in [-0.05, 0) is 59.3 Å². The monoisotopic (exact) mass is 368 g/mol. The summed E-state index contributed by atoms with van der Waals surface area (Å²) in [6.07, 6.45) is -0.126. The summed E-state index contributed by atoms with van der Waals surface area (Å²) >= 11 is 2.22. The van der Waals surface area contributed by atoms with Gasteiger partial charge in [0.2, 0.25) is 0 Å². The van der Waals surface area contributed by atoms with Crippen molar-refractivity contribution in [3.05, 3.63) is 63.2 Å². The zero-order valence-corrected chi connectivity index (χ0v) is 12.5. The van der Waals surface area contributed by atoms with Crippen LogP contribution in [0.1, 0.15) is 28.9 Å². The first-order valence-corrected chi connectivity index (χ1v) is 6.90. The molecule has 0 aliphatic rings. The first-order valence-electron chi connectivity index (χ1n) is 5.82. The summed E-state index contributed by atoms with van der Waals surface area (Å²) in [4.78, 5) is 10.8. The third kappa shape index (κ3) is 3.47. The Morgan fingerprint density at radius 1 is 1.16 bits per heavy atom. The van der Waals surface area contributed by atoms with Gasteiger partial charge in [0.15, 0.2) is 0 Å². The van der Waals surface area contributed by atoms with Gasteiger partial charge in [0.25, 0.3) is 0 Å². The van der Waals surface area contributed by atoms with Crippen molar-refractivity contribution in [1.82, 2.24) is 0 Å². The molecule has 1 unspecified atom stereocenters. The Morgan fingerprint density at radius 2 is 1.79 bits per heavy atom. The van der Waals surface area contributed by atoms with E-state index in [1.165, 1.54) is 0 Å². The average molecular weight is 368 g/mol. The lowest BCUT2D eigenvalue weighted by atomic mass is 10.1. The van der Waals surface area contributed by atoms with E-state index in [1.54, 1.807) is 24.3 Å². The second-order valence-electron chi connectivity index (χ2n) is 4.12. The number of para-hydroxylation sites is 1. The lowest BCUT2D eigenvalue weighted by Crippen LogP contribution is -2.05. The molecule has 0 spiro atoms. The van der Waals surface area contributed by atoms with Gasteiger partial charge in [-0.2, -0.15) is 0 Å². The minimum absolute atomic E-state index is 0.126. The number of aromatic carboxylic acids is 1. The van der Waals surface area contributed by atoms with Crippen LogP contribution >= 0.6 is 22.6 Å². The fourth-order valence-corrected chi connectivity index (χ4v) is 2.21. The van der Waals surface area contributed by atoms with Gasteiger partial charge in [-0.25, -0.2) is 4.79 Å². The SMILES string of the molecule is CC(Oc1ccccc1I)c1ccc(C(=O)O)cc1. The topological polar surface area (TPSA) is 46.5 Å². The Labute approximate surface area is 125 Å². The second kappa shape index (κ2) is 6.06. The van der Waals surface area contributed by atoms with Crippen LogP contribution in [0.5, 0.6) is 5.75 Å². The number of carboxylic acid groups (broad SMARTS) is 1. The molecule has 0 saturated carbocycles. The van der Waals surface area contributed by atoms with E-state index in [0.29, 0.717) is 0 Å². The van der Waals surface area contributed by atoms with E-state index in [-0.39, 0.29) is 11.7 Å². The molecule has 0 saturated heterocycles. The van der Waals surface area contributed by atoms with Crippen LogP contribution < -0.4 is 4.74 Å². The average Bonchev–Trinajstić information content (AvgIpc) is 2.41. The molecule has 0 radical (unpaired) electrons. The zero-order chi connectivity index (χ0) is 13.8. The Morgan fingerprint density at radius 3 is 2.37 bits per heavy atom. The minimum Gasteiger partial charge on any atom is -0.485 e. The highest BCUT2D eigenvalue weighted by atomic mass is 127. The van der Waals surface area contributed by atoms with Crippen LogP contribution in [0, 0.1) is 3.57 Å². The molecule has 1 atom stereocenters. The van der Waals surface area contributed by atoms with Gasteiger partial charge in [0, 0.05) is 0 Å². The number of hydrogen-bond acceptors (Lipinski definition) is 2. The highest BCUT2D eigenvalue weighted by molar-refractivity contribution is 14.1. The first-order chi connectivity index (χ1) is 9.08. The molecule has 0 aliphatic heterocycles. The highest BCUT2D eigenvalue weighted by Crippen LogP contribution is 2.26. The smallest absolute Gasteiger partial charge is 0.335 e. The third-order valence-corrected chi connectivity index (χ3v) is 3.66. The number of ether oxygens (including phenoxy) is 1. The van der Waals surface area contributed by atoms with E-state index in [1.807, 2.05) is 31.2 Å². The summed E-state index contributed by atoms with van der Waals surface area (Å²) in [6.45, 7) is 1.94. The van der Waals surface area contributed by atoms with Crippen molar-refractivity contribution in [2.75, 3.05) is 0 Å². The Balaban J connectivity index is 2.14. The predicted octanol–water partition coefficient (Wildman–Crippen LogP) is 4.13. The number of rotatable bonds is 4. The van der Waals surface area contributed by atoms with Gasteiger partial charge in [0.1, 0.15) is 11.9 Å². The molecule has 3 nitrogen and oxygen atoms in total.